The monoisotopic (exact) mass is 829 g/mol. The van der Waals surface area contributed by atoms with Crippen LogP contribution in [-0.4, -0.2) is 74.7 Å². The number of ether oxygens (including phenoxy) is 2. The number of hydrogen-bond acceptors (Lipinski definition) is 9. The van der Waals surface area contributed by atoms with Gasteiger partial charge in [-0.05, 0) is 50.9 Å². The van der Waals surface area contributed by atoms with Crippen molar-refractivity contribution in [1.29, 1.82) is 0 Å². The van der Waals surface area contributed by atoms with Crippen molar-refractivity contribution in [1.82, 2.24) is 0 Å². The average Bonchev–Trinajstić information content (AvgIpc) is 3.44. The lowest BCUT2D eigenvalue weighted by atomic mass is 9.89. The molecule has 0 radical (unpaired) electrons. The summed E-state index contributed by atoms with van der Waals surface area (Å²) in [4.78, 5) is 43.2. The molecule has 5 N–H and O–H groups in total. The Balaban J connectivity index is 2.24. The third-order valence-corrected chi connectivity index (χ3v) is 11.2. The van der Waals surface area contributed by atoms with Gasteiger partial charge in [-0.15, -0.1) is 0 Å². The van der Waals surface area contributed by atoms with Crippen molar-refractivity contribution >= 4 is 19.8 Å². The number of rotatable bonds is 37. The molecule has 0 unspecified atom stereocenters. The van der Waals surface area contributed by atoms with Crippen molar-refractivity contribution < 1.29 is 53.3 Å². The number of allylic oxidation sites excluding steroid dienone is 3. The van der Waals surface area contributed by atoms with Gasteiger partial charge in [0, 0.05) is 18.8 Å². The molecule has 1 saturated carbocycles. The SMILES string of the molecule is CCCCCCCC/C=C\CCCCCCCCCCCCCC(=O)O[C@H](COC(=O)C/C=C\C[C@H]1[C@@H](/C=C/[C@H](O)CCCCC)[C@H](O)C[C@@H]1O)COP(=O)(O)O. The largest absolute Gasteiger partial charge is 0.469 e. The summed E-state index contributed by atoms with van der Waals surface area (Å²) < 4.78 is 26.4. The lowest BCUT2D eigenvalue weighted by Gasteiger charge is -2.19. The first kappa shape index (κ1) is 53.2. The first-order valence-electron chi connectivity index (χ1n) is 22.5. The van der Waals surface area contributed by atoms with Crippen molar-refractivity contribution in [2.75, 3.05) is 13.2 Å². The molecule has 0 aliphatic heterocycles. The zero-order chi connectivity index (χ0) is 42.0. The molecule has 1 rings (SSSR count). The molecule has 332 valence electrons. The second kappa shape index (κ2) is 35.0. The molecule has 0 aromatic rings. The van der Waals surface area contributed by atoms with Gasteiger partial charge in [-0.3, -0.25) is 14.1 Å². The standard InChI is InChI=1S/C45H81O11P/c1-3-5-7-8-9-10-11-12-13-14-15-16-17-18-19-20-21-22-23-24-26-32-45(50)56-39(37-55-57(51,52)53)36-54-44(49)31-28-27-30-40-41(43(48)35-42(40)47)34-33-38(46)29-25-6-4-2/h12-13,27-28,33-34,38-43,46-48H,3-11,14-26,29-32,35-37H2,1-2H3,(H2,51,52,53)/b13-12-,28-27-,34-33+/t38-,39-,40+,41-,42+,43-/m1/s1. The van der Waals surface area contributed by atoms with E-state index in [1.54, 1.807) is 24.3 Å². The van der Waals surface area contributed by atoms with E-state index in [1.807, 2.05) is 0 Å². The molecule has 1 fully saturated rings. The van der Waals surface area contributed by atoms with Gasteiger partial charge in [0.15, 0.2) is 6.10 Å². The van der Waals surface area contributed by atoms with E-state index in [2.05, 4.69) is 30.5 Å². The number of aliphatic hydroxyl groups excluding tert-OH is 3. The van der Waals surface area contributed by atoms with E-state index < -0.39 is 57.4 Å². The Morgan fingerprint density at radius 1 is 0.684 bits per heavy atom. The maximum atomic E-state index is 12.5. The summed E-state index contributed by atoms with van der Waals surface area (Å²) >= 11 is 0. The average molecular weight is 829 g/mol. The van der Waals surface area contributed by atoms with Crippen LogP contribution in [0.3, 0.4) is 0 Å². The summed E-state index contributed by atoms with van der Waals surface area (Å²) in [5.41, 5.74) is 0. The van der Waals surface area contributed by atoms with Crippen LogP contribution in [0, 0.1) is 11.8 Å². The molecule has 57 heavy (non-hydrogen) atoms. The highest BCUT2D eigenvalue weighted by Crippen LogP contribution is 2.37. The van der Waals surface area contributed by atoms with Gasteiger partial charge < -0.3 is 34.6 Å². The molecule has 0 saturated heterocycles. The molecular formula is C45H81O11P. The number of esters is 2. The minimum atomic E-state index is -4.84. The molecule has 1 aliphatic carbocycles. The molecule has 6 atom stereocenters. The summed E-state index contributed by atoms with van der Waals surface area (Å²) in [7, 11) is -4.84. The van der Waals surface area contributed by atoms with Crippen molar-refractivity contribution in [2.24, 2.45) is 11.8 Å². The maximum absolute atomic E-state index is 12.5. The fourth-order valence-electron chi connectivity index (χ4n) is 7.28. The highest BCUT2D eigenvalue weighted by atomic mass is 31.2. The molecular weight excluding hydrogens is 747 g/mol. The van der Waals surface area contributed by atoms with Crippen molar-refractivity contribution in [3.8, 4) is 0 Å². The van der Waals surface area contributed by atoms with Crippen LogP contribution in [0.25, 0.3) is 0 Å². The third-order valence-electron chi connectivity index (χ3n) is 10.7. The van der Waals surface area contributed by atoms with Gasteiger partial charge >= 0.3 is 19.8 Å². The van der Waals surface area contributed by atoms with Crippen LogP contribution in [-0.2, 0) is 28.2 Å². The predicted octanol–water partition coefficient (Wildman–Crippen LogP) is 10.1. The Kier molecular flexibility index (Phi) is 32.6. The lowest BCUT2D eigenvalue weighted by molar-refractivity contribution is -0.160. The fourth-order valence-corrected chi connectivity index (χ4v) is 7.64. The second-order valence-corrected chi connectivity index (χ2v) is 17.2. The molecule has 0 heterocycles. The Labute approximate surface area is 345 Å². The van der Waals surface area contributed by atoms with E-state index in [9.17, 15) is 29.5 Å². The Morgan fingerprint density at radius 2 is 1.23 bits per heavy atom. The second-order valence-electron chi connectivity index (χ2n) is 16.0. The van der Waals surface area contributed by atoms with Crippen molar-refractivity contribution in [3.05, 3.63) is 36.5 Å². The van der Waals surface area contributed by atoms with Gasteiger partial charge in [0.05, 0.1) is 31.3 Å². The first-order chi connectivity index (χ1) is 27.5. The van der Waals surface area contributed by atoms with Crippen LogP contribution in [0.5, 0.6) is 0 Å². The van der Waals surface area contributed by atoms with E-state index in [4.69, 9.17) is 19.3 Å². The zero-order valence-electron chi connectivity index (χ0n) is 35.6. The van der Waals surface area contributed by atoms with Crippen molar-refractivity contribution in [2.45, 2.75) is 212 Å². The lowest BCUT2D eigenvalue weighted by Crippen LogP contribution is -2.29. The van der Waals surface area contributed by atoms with Gasteiger partial charge in [-0.2, -0.15) is 0 Å². The maximum Gasteiger partial charge on any atom is 0.469 e. The quantitative estimate of drug-likeness (QED) is 0.0174. The van der Waals surface area contributed by atoms with Crippen LogP contribution < -0.4 is 0 Å². The van der Waals surface area contributed by atoms with E-state index in [1.165, 1.54) is 96.3 Å². The normalized spacial score (nSPS) is 19.9. The molecule has 0 amide bonds. The van der Waals surface area contributed by atoms with Crippen LogP contribution >= 0.6 is 7.82 Å². The molecule has 0 bridgehead atoms. The van der Waals surface area contributed by atoms with E-state index in [0.717, 1.165) is 38.5 Å². The third kappa shape index (κ3) is 30.8. The zero-order valence-corrected chi connectivity index (χ0v) is 36.5. The summed E-state index contributed by atoms with van der Waals surface area (Å²) in [6.07, 6.45) is 35.7. The van der Waals surface area contributed by atoms with Gasteiger partial charge in [0.1, 0.15) is 6.61 Å². The van der Waals surface area contributed by atoms with Crippen LogP contribution in [0.1, 0.15) is 187 Å². The van der Waals surface area contributed by atoms with Gasteiger partial charge in [-0.25, -0.2) is 4.57 Å². The smallest absolute Gasteiger partial charge is 0.461 e. The number of carbonyl (C=O) groups is 2. The minimum absolute atomic E-state index is 0.112. The minimum Gasteiger partial charge on any atom is -0.461 e. The fraction of sp³-hybridized carbons (Fsp3) is 0.822. The molecule has 1 aliphatic rings. The number of carbonyl (C=O) groups excluding carboxylic acids is 2. The Morgan fingerprint density at radius 3 is 1.81 bits per heavy atom. The first-order valence-corrected chi connectivity index (χ1v) is 24.1. The topological polar surface area (TPSA) is 180 Å². The summed E-state index contributed by atoms with van der Waals surface area (Å²) in [6, 6.07) is 0. The summed E-state index contributed by atoms with van der Waals surface area (Å²) in [6.45, 7) is 3.31. The highest BCUT2D eigenvalue weighted by Gasteiger charge is 2.39. The Hall–Kier alpha value is -1.85. The molecule has 11 nitrogen and oxygen atoms in total. The van der Waals surface area contributed by atoms with Gasteiger partial charge in [0.25, 0.3) is 0 Å². The number of phosphoric acid groups is 1. The number of aliphatic hydroxyl groups is 3. The summed E-state index contributed by atoms with van der Waals surface area (Å²) in [5, 5.41) is 31.2. The number of hydrogen-bond donors (Lipinski definition) is 5. The van der Waals surface area contributed by atoms with E-state index in [-0.39, 0.29) is 31.1 Å². The Bertz CT molecular complexity index is 1140. The van der Waals surface area contributed by atoms with Crippen LogP contribution in [0.15, 0.2) is 36.5 Å². The van der Waals surface area contributed by atoms with Crippen molar-refractivity contribution in [3.63, 3.8) is 0 Å². The van der Waals surface area contributed by atoms with E-state index >= 15 is 0 Å². The van der Waals surface area contributed by atoms with Crippen LogP contribution in [0.2, 0.25) is 0 Å². The molecule has 0 aromatic heterocycles. The van der Waals surface area contributed by atoms with Crippen LogP contribution in [0.4, 0.5) is 0 Å². The molecule has 0 aromatic carbocycles. The molecule has 12 heteroatoms. The molecule has 0 spiro atoms. The predicted molar refractivity (Wildman–Crippen MR) is 227 cm³/mol. The highest BCUT2D eigenvalue weighted by molar-refractivity contribution is 7.46. The number of phosphoric ester groups is 1. The summed E-state index contributed by atoms with van der Waals surface area (Å²) in [5.74, 6) is -1.78. The number of unbranched alkanes of at least 4 members (excludes halogenated alkanes) is 19. The van der Waals surface area contributed by atoms with Gasteiger partial charge in [0.2, 0.25) is 0 Å². The van der Waals surface area contributed by atoms with E-state index in [0.29, 0.717) is 19.3 Å². The van der Waals surface area contributed by atoms with Gasteiger partial charge in [-0.1, -0.05) is 159 Å².